The summed E-state index contributed by atoms with van der Waals surface area (Å²) < 4.78 is 84.7. The molecule has 2 aromatic rings. The maximum atomic E-state index is 13.2. The smallest absolute Gasteiger partial charge is 0.416 e. The number of alkyl halides is 6. The van der Waals surface area contributed by atoms with Crippen molar-refractivity contribution >= 4 is 12.0 Å². The second-order valence-electron chi connectivity index (χ2n) is 8.39. The number of nitrogens with zero attached hydrogens (tertiary/aromatic N) is 1. The highest BCUT2D eigenvalue weighted by Crippen LogP contribution is 2.42. The second kappa shape index (κ2) is 8.52. The Morgan fingerprint density at radius 1 is 0.941 bits per heavy atom. The van der Waals surface area contributed by atoms with Crippen molar-refractivity contribution in [1.29, 1.82) is 0 Å². The van der Waals surface area contributed by atoms with Crippen molar-refractivity contribution in [2.24, 2.45) is 0 Å². The first-order valence-corrected chi connectivity index (χ1v) is 10.5. The maximum Gasteiger partial charge on any atom is 0.416 e. The molecule has 0 aliphatic carbocycles. The van der Waals surface area contributed by atoms with Crippen LogP contribution in [0.3, 0.4) is 0 Å². The van der Waals surface area contributed by atoms with Crippen LogP contribution in [-0.2, 0) is 17.1 Å². The molecule has 2 amide bonds. The Morgan fingerprint density at radius 3 is 2.03 bits per heavy atom. The van der Waals surface area contributed by atoms with Crippen molar-refractivity contribution in [3.05, 3.63) is 70.8 Å². The molecule has 2 aliphatic heterocycles. The first kappa shape index (κ1) is 23.9. The van der Waals surface area contributed by atoms with Gasteiger partial charge < -0.3 is 15.0 Å². The number of ether oxygens (including phenoxy) is 1. The lowest BCUT2D eigenvalue weighted by Crippen LogP contribution is -2.58. The number of carbonyl (C=O) groups excluding carboxylic acids is 2. The molecule has 0 unspecified atom stereocenters. The number of hydrogen-bond acceptors (Lipinski definition) is 3. The predicted octanol–water partition coefficient (Wildman–Crippen LogP) is 5.22. The lowest BCUT2D eigenvalue weighted by molar-refractivity contribution is -0.143. The van der Waals surface area contributed by atoms with Gasteiger partial charge in [0.25, 0.3) is 5.91 Å². The van der Waals surface area contributed by atoms with Gasteiger partial charge in [0.1, 0.15) is 5.60 Å². The van der Waals surface area contributed by atoms with E-state index >= 15 is 0 Å². The van der Waals surface area contributed by atoms with Crippen LogP contribution in [0.5, 0.6) is 0 Å². The molecule has 34 heavy (non-hydrogen) atoms. The van der Waals surface area contributed by atoms with E-state index in [1.807, 2.05) is 30.3 Å². The fourth-order valence-electron chi connectivity index (χ4n) is 4.57. The standard InChI is InChI=1S/C23H20F6N2O3/c24-22(25,26)16-10-15(11-17(12-16)23(27,28)29)19(32)31-8-6-21(7-9-31)18(13-30-20(33)34-21)14-4-2-1-3-5-14/h1-5,10-12,18H,6-9,13H2,(H,30,33)/t18-/m1/s1. The predicted molar refractivity (Wildman–Crippen MR) is 108 cm³/mol. The first-order chi connectivity index (χ1) is 15.9. The van der Waals surface area contributed by atoms with E-state index in [1.54, 1.807) is 0 Å². The molecular formula is C23H20F6N2O3. The fourth-order valence-corrected chi connectivity index (χ4v) is 4.57. The summed E-state index contributed by atoms with van der Waals surface area (Å²) in [5, 5.41) is 2.65. The molecule has 2 heterocycles. The zero-order valence-corrected chi connectivity index (χ0v) is 17.7. The van der Waals surface area contributed by atoms with Crippen LogP contribution in [0.4, 0.5) is 31.1 Å². The van der Waals surface area contributed by atoms with Crippen LogP contribution in [-0.4, -0.2) is 42.1 Å². The Bertz CT molecular complexity index is 1040. The summed E-state index contributed by atoms with van der Waals surface area (Å²) >= 11 is 0. The maximum absolute atomic E-state index is 13.2. The largest absolute Gasteiger partial charge is 0.442 e. The number of benzene rings is 2. The summed E-state index contributed by atoms with van der Waals surface area (Å²) in [4.78, 5) is 26.1. The van der Waals surface area contributed by atoms with Gasteiger partial charge in [-0.2, -0.15) is 26.3 Å². The van der Waals surface area contributed by atoms with Crippen LogP contribution >= 0.6 is 0 Å². The zero-order valence-electron chi connectivity index (χ0n) is 17.7. The van der Waals surface area contributed by atoms with Crippen molar-refractivity contribution < 1.29 is 40.7 Å². The van der Waals surface area contributed by atoms with E-state index < -0.39 is 46.6 Å². The van der Waals surface area contributed by atoms with Gasteiger partial charge in [-0.25, -0.2) is 4.79 Å². The third-order valence-corrected chi connectivity index (χ3v) is 6.32. The van der Waals surface area contributed by atoms with Crippen LogP contribution in [0.15, 0.2) is 48.5 Å². The van der Waals surface area contributed by atoms with E-state index in [0.29, 0.717) is 18.7 Å². The molecule has 0 bridgehead atoms. The van der Waals surface area contributed by atoms with Gasteiger partial charge in [0.15, 0.2) is 0 Å². The van der Waals surface area contributed by atoms with E-state index in [-0.39, 0.29) is 37.9 Å². The highest BCUT2D eigenvalue weighted by atomic mass is 19.4. The van der Waals surface area contributed by atoms with Crippen LogP contribution in [0.2, 0.25) is 0 Å². The van der Waals surface area contributed by atoms with Crippen molar-refractivity contribution in [2.75, 3.05) is 19.6 Å². The molecule has 1 atom stereocenters. The Kier molecular flexibility index (Phi) is 5.99. The molecule has 1 N–H and O–H groups in total. The van der Waals surface area contributed by atoms with Gasteiger partial charge in [-0.1, -0.05) is 30.3 Å². The lowest BCUT2D eigenvalue weighted by Gasteiger charge is -2.48. The van der Waals surface area contributed by atoms with E-state index in [0.717, 1.165) is 5.56 Å². The quantitative estimate of drug-likeness (QED) is 0.592. The average Bonchev–Trinajstić information content (AvgIpc) is 2.78. The summed E-state index contributed by atoms with van der Waals surface area (Å²) in [5.41, 5.74) is -3.81. The molecule has 182 valence electrons. The van der Waals surface area contributed by atoms with Gasteiger partial charge in [0.05, 0.1) is 11.1 Å². The van der Waals surface area contributed by atoms with Crippen LogP contribution in [0.25, 0.3) is 0 Å². The highest BCUT2D eigenvalue weighted by molar-refractivity contribution is 5.94. The van der Waals surface area contributed by atoms with Gasteiger partial charge in [-0.05, 0) is 23.8 Å². The summed E-state index contributed by atoms with van der Waals surface area (Å²) in [6, 6.07) is 10.1. The fraction of sp³-hybridized carbons (Fsp3) is 0.391. The molecule has 5 nitrogen and oxygen atoms in total. The molecule has 11 heteroatoms. The number of likely N-dealkylation sites (tertiary alicyclic amines) is 1. The molecule has 2 aromatic carbocycles. The molecule has 0 radical (unpaired) electrons. The molecule has 2 aliphatic rings. The third kappa shape index (κ3) is 4.69. The van der Waals surface area contributed by atoms with E-state index in [9.17, 15) is 35.9 Å². The van der Waals surface area contributed by atoms with E-state index in [4.69, 9.17) is 4.74 Å². The Labute approximate surface area is 190 Å². The molecule has 0 aromatic heterocycles. The molecule has 2 saturated heterocycles. The van der Waals surface area contributed by atoms with E-state index in [1.165, 1.54) is 4.90 Å². The topological polar surface area (TPSA) is 58.6 Å². The van der Waals surface area contributed by atoms with Gasteiger partial charge in [0, 0.05) is 44.0 Å². The first-order valence-electron chi connectivity index (χ1n) is 10.5. The summed E-state index contributed by atoms with van der Waals surface area (Å²) in [7, 11) is 0. The SMILES string of the molecule is O=C1NC[C@H](c2ccccc2)C2(CCN(C(=O)c3cc(C(F)(F)F)cc(C(F)(F)F)c3)CC2)O1. The van der Waals surface area contributed by atoms with Gasteiger partial charge in [-0.15, -0.1) is 0 Å². The number of rotatable bonds is 2. The number of hydrogen-bond donors (Lipinski definition) is 1. The summed E-state index contributed by atoms with van der Waals surface area (Å²) in [6.07, 6.45) is -10.3. The molecular weight excluding hydrogens is 466 g/mol. The van der Waals surface area contributed by atoms with Crippen LogP contribution < -0.4 is 5.32 Å². The van der Waals surface area contributed by atoms with Crippen molar-refractivity contribution in [2.45, 2.75) is 36.7 Å². The number of halogens is 6. The monoisotopic (exact) mass is 486 g/mol. The number of alkyl carbamates (subject to hydrolysis) is 1. The third-order valence-electron chi connectivity index (χ3n) is 6.32. The Balaban J connectivity index is 1.58. The molecule has 0 saturated carbocycles. The zero-order chi connectivity index (χ0) is 24.7. The number of piperidine rings is 1. The minimum atomic E-state index is -5.05. The Hall–Kier alpha value is -3.24. The van der Waals surface area contributed by atoms with Crippen molar-refractivity contribution in [3.8, 4) is 0 Å². The normalized spacial score (nSPS) is 20.6. The number of nitrogens with one attached hydrogen (secondary N) is 1. The molecule has 1 spiro atoms. The van der Waals surface area contributed by atoms with Crippen molar-refractivity contribution in [3.63, 3.8) is 0 Å². The minimum Gasteiger partial charge on any atom is -0.442 e. The molecule has 2 fully saturated rings. The summed E-state index contributed by atoms with van der Waals surface area (Å²) in [6.45, 7) is 0.319. The minimum absolute atomic E-state index is 0.00699. The second-order valence-corrected chi connectivity index (χ2v) is 8.39. The van der Waals surface area contributed by atoms with Crippen molar-refractivity contribution in [1.82, 2.24) is 10.2 Å². The van der Waals surface area contributed by atoms with Crippen LogP contribution in [0, 0.1) is 0 Å². The lowest BCUT2D eigenvalue weighted by atomic mass is 9.74. The number of carbonyl (C=O) groups is 2. The van der Waals surface area contributed by atoms with Gasteiger partial charge >= 0.3 is 18.4 Å². The van der Waals surface area contributed by atoms with E-state index in [2.05, 4.69) is 5.32 Å². The number of amides is 2. The average molecular weight is 486 g/mol. The Morgan fingerprint density at radius 2 is 1.50 bits per heavy atom. The molecule has 4 rings (SSSR count). The van der Waals surface area contributed by atoms with Gasteiger partial charge in [0.2, 0.25) is 0 Å². The van der Waals surface area contributed by atoms with Gasteiger partial charge in [-0.3, -0.25) is 4.79 Å². The van der Waals surface area contributed by atoms with Crippen LogP contribution in [0.1, 0.15) is 45.8 Å². The summed E-state index contributed by atoms with van der Waals surface area (Å²) in [5.74, 6) is -1.17. The highest BCUT2D eigenvalue weighted by Gasteiger charge is 2.49.